The summed E-state index contributed by atoms with van der Waals surface area (Å²) in [6.07, 6.45) is 0.949. The molecule has 0 aliphatic carbocycles. The number of rotatable bonds is 2. The highest BCUT2D eigenvalue weighted by Gasteiger charge is 2.14. The lowest BCUT2D eigenvalue weighted by Crippen LogP contribution is -2.29. The summed E-state index contributed by atoms with van der Waals surface area (Å²) in [5.74, 6) is -0.630. The average molecular weight is 328 g/mol. The molecule has 0 spiro atoms. The van der Waals surface area contributed by atoms with Crippen LogP contribution >= 0.6 is 15.9 Å². The van der Waals surface area contributed by atoms with Crippen molar-refractivity contribution in [1.29, 1.82) is 0 Å². The highest BCUT2D eigenvalue weighted by atomic mass is 79.9. The second-order valence-corrected chi connectivity index (χ2v) is 6.54. The molecule has 1 N–H and O–H groups in total. The molecule has 2 aromatic carbocycles. The van der Waals surface area contributed by atoms with Crippen molar-refractivity contribution in [2.45, 2.75) is 0 Å². The van der Waals surface area contributed by atoms with Crippen molar-refractivity contribution in [3.05, 3.63) is 46.4 Å². The second-order valence-electron chi connectivity index (χ2n) is 3.88. The molecule has 0 saturated heterocycles. The number of nitrogens with one attached hydrogen (secondary N) is 1. The number of benzene rings is 2. The molecule has 94 valence electrons. The third-order valence-electron chi connectivity index (χ3n) is 2.35. The van der Waals surface area contributed by atoms with E-state index in [0.717, 1.165) is 16.1 Å². The molecule has 4 nitrogen and oxygen atoms in total. The van der Waals surface area contributed by atoms with E-state index in [1.165, 1.54) is 0 Å². The van der Waals surface area contributed by atoms with Crippen LogP contribution in [0.1, 0.15) is 10.4 Å². The van der Waals surface area contributed by atoms with E-state index in [0.29, 0.717) is 10.9 Å². The molecule has 0 aliphatic rings. The van der Waals surface area contributed by atoms with Crippen LogP contribution in [0, 0.1) is 0 Å². The maximum atomic E-state index is 11.9. The van der Waals surface area contributed by atoms with Crippen molar-refractivity contribution in [3.63, 3.8) is 0 Å². The summed E-state index contributed by atoms with van der Waals surface area (Å²) in [7, 11) is -3.57. The number of carbonyl (C=O) groups is 1. The fourth-order valence-corrected chi connectivity index (χ4v) is 2.61. The monoisotopic (exact) mass is 327 g/mol. The van der Waals surface area contributed by atoms with Crippen LogP contribution < -0.4 is 4.72 Å². The molecule has 0 atom stereocenters. The molecule has 0 fully saturated rings. The van der Waals surface area contributed by atoms with Gasteiger partial charge in [0.25, 0.3) is 5.91 Å². The SMILES string of the molecule is CS(=O)(=O)NC(=O)c1cc(Br)cc2ccccc12. The average Bonchev–Trinajstić information content (AvgIpc) is 2.25. The van der Waals surface area contributed by atoms with Crippen LogP contribution in [0.3, 0.4) is 0 Å². The summed E-state index contributed by atoms with van der Waals surface area (Å²) in [5.41, 5.74) is 0.324. The molecule has 0 unspecified atom stereocenters. The molecular formula is C12H10BrNO3S. The number of halogens is 1. The Hall–Kier alpha value is -1.40. The summed E-state index contributed by atoms with van der Waals surface area (Å²) in [6, 6.07) is 10.8. The Kier molecular flexibility index (Phi) is 3.41. The van der Waals surface area contributed by atoms with E-state index >= 15 is 0 Å². The number of fused-ring (bicyclic) bond motifs is 1. The molecule has 18 heavy (non-hydrogen) atoms. The van der Waals surface area contributed by atoms with E-state index in [1.807, 2.05) is 22.9 Å². The van der Waals surface area contributed by atoms with Gasteiger partial charge in [-0.1, -0.05) is 40.2 Å². The van der Waals surface area contributed by atoms with Gasteiger partial charge in [0, 0.05) is 10.0 Å². The predicted molar refractivity (Wildman–Crippen MR) is 74.0 cm³/mol. The van der Waals surface area contributed by atoms with Crippen molar-refractivity contribution < 1.29 is 13.2 Å². The fourth-order valence-electron chi connectivity index (χ4n) is 1.69. The van der Waals surface area contributed by atoms with Crippen LogP contribution in [0.5, 0.6) is 0 Å². The maximum absolute atomic E-state index is 11.9. The van der Waals surface area contributed by atoms with Crippen molar-refractivity contribution in [2.24, 2.45) is 0 Å². The van der Waals surface area contributed by atoms with E-state index in [2.05, 4.69) is 15.9 Å². The highest BCUT2D eigenvalue weighted by Crippen LogP contribution is 2.24. The molecule has 0 saturated carbocycles. The Labute approximate surface area is 113 Å². The van der Waals surface area contributed by atoms with Gasteiger partial charge in [0.05, 0.1) is 6.26 Å². The lowest BCUT2D eigenvalue weighted by molar-refractivity contribution is 0.0983. The molecule has 1 amide bonds. The number of amides is 1. The summed E-state index contributed by atoms with van der Waals surface area (Å²) in [6.45, 7) is 0. The number of sulfonamides is 1. The van der Waals surface area contributed by atoms with Crippen molar-refractivity contribution in [1.82, 2.24) is 4.72 Å². The molecule has 2 rings (SSSR count). The topological polar surface area (TPSA) is 63.2 Å². The summed E-state index contributed by atoms with van der Waals surface area (Å²) >= 11 is 3.30. The zero-order valence-electron chi connectivity index (χ0n) is 9.48. The first-order valence-corrected chi connectivity index (χ1v) is 7.76. The number of hydrogen-bond acceptors (Lipinski definition) is 3. The third kappa shape index (κ3) is 2.88. The van der Waals surface area contributed by atoms with Crippen molar-refractivity contribution in [3.8, 4) is 0 Å². The molecule has 2 aromatic rings. The first-order chi connectivity index (χ1) is 8.37. The Morgan fingerprint density at radius 1 is 1.22 bits per heavy atom. The lowest BCUT2D eigenvalue weighted by Gasteiger charge is -2.07. The van der Waals surface area contributed by atoms with Crippen LogP contribution in [0.25, 0.3) is 10.8 Å². The second kappa shape index (κ2) is 4.70. The van der Waals surface area contributed by atoms with Crippen molar-refractivity contribution in [2.75, 3.05) is 6.26 Å². The minimum atomic E-state index is -3.57. The highest BCUT2D eigenvalue weighted by molar-refractivity contribution is 9.10. The van der Waals surface area contributed by atoms with Gasteiger partial charge in [0.15, 0.2) is 0 Å². The quantitative estimate of drug-likeness (QED) is 0.920. The van der Waals surface area contributed by atoms with Crippen LogP contribution in [-0.4, -0.2) is 20.6 Å². The zero-order chi connectivity index (χ0) is 13.3. The summed E-state index contributed by atoms with van der Waals surface area (Å²) < 4.78 is 24.9. The van der Waals surface area contributed by atoms with Gasteiger partial charge in [0.2, 0.25) is 10.0 Å². The lowest BCUT2D eigenvalue weighted by atomic mass is 10.0. The summed E-state index contributed by atoms with van der Waals surface area (Å²) in [4.78, 5) is 11.9. The Balaban J connectivity index is 2.60. The Morgan fingerprint density at radius 2 is 1.89 bits per heavy atom. The van der Waals surface area contributed by atoms with Crippen LogP contribution in [-0.2, 0) is 10.0 Å². The third-order valence-corrected chi connectivity index (χ3v) is 3.36. The van der Waals surface area contributed by atoms with Crippen molar-refractivity contribution >= 4 is 42.6 Å². The smallest absolute Gasteiger partial charge is 0.265 e. The first kappa shape index (κ1) is 13.0. The van der Waals surface area contributed by atoms with E-state index in [4.69, 9.17) is 0 Å². The number of carbonyl (C=O) groups excluding carboxylic acids is 1. The van der Waals surface area contributed by atoms with E-state index in [9.17, 15) is 13.2 Å². The Bertz CT molecular complexity index is 725. The normalized spacial score (nSPS) is 11.4. The van der Waals surface area contributed by atoms with Gasteiger partial charge in [-0.15, -0.1) is 0 Å². The van der Waals surface area contributed by atoms with Crippen LogP contribution in [0.4, 0.5) is 0 Å². The van der Waals surface area contributed by atoms with Gasteiger partial charge in [0.1, 0.15) is 0 Å². The first-order valence-electron chi connectivity index (χ1n) is 5.07. The van der Waals surface area contributed by atoms with E-state index in [-0.39, 0.29) is 0 Å². The minimum Gasteiger partial charge on any atom is -0.268 e. The van der Waals surface area contributed by atoms with Gasteiger partial charge in [-0.3, -0.25) is 4.79 Å². The molecule has 0 heterocycles. The van der Waals surface area contributed by atoms with Crippen LogP contribution in [0.15, 0.2) is 40.9 Å². The van der Waals surface area contributed by atoms with Gasteiger partial charge in [-0.2, -0.15) is 0 Å². The van der Waals surface area contributed by atoms with Crippen LogP contribution in [0.2, 0.25) is 0 Å². The molecule has 6 heteroatoms. The largest absolute Gasteiger partial charge is 0.268 e. The van der Waals surface area contributed by atoms with E-state index < -0.39 is 15.9 Å². The maximum Gasteiger partial charge on any atom is 0.265 e. The molecule has 0 radical (unpaired) electrons. The molecule has 0 aromatic heterocycles. The molecular weight excluding hydrogens is 318 g/mol. The predicted octanol–water partition coefficient (Wildman–Crippen LogP) is 2.29. The van der Waals surface area contributed by atoms with E-state index in [1.54, 1.807) is 18.2 Å². The summed E-state index contributed by atoms with van der Waals surface area (Å²) in [5, 5.41) is 1.58. The van der Waals surface area contributed by atoms with Gasteiger partial charge < -0.3 is 0 Å². The van der Waals surface area contributed by atoms with Gasteiger partial charge in [-0.05, 0) is 22.9 Å². The molecule has 0 aliphatic heterocycles. The minimum absolute atomic E-state index is 0.324. The van der Waals surface area contributed by atoms with Gasteiger partial charge in [-0.25, -0.2) is 13.1 Å². The van der Waals surface area contributed by atoms with Gasteiger partial charge >= 0.3 is 0 Å². The Morgan fingerprint density at radius 3 is 2.56 bits per heavy atom. The zero-order valence-corrected chi connectivity index (χ0v) is 11.9. The fraction of sp³-hybridized carbons (Fsp3) is 0.0833. The standard InChI is InChI=1S/C12H10BrNO3S/c1-18(16,17)14-12(15)11-7-9(13)6-8-4-2-3-5-10(8)11/h2-7H,1H3,(H,14,15). The molecule has 0 bridgehead atoms. The number of hydrogen-bond donors (Lipinski definition) is 1.